The van der Waals surface area contributed by atoms with Gasteiger partial charge in [-0.1, -0.05) is 0 Å². The standard InChI is InChI=1S/C10H20N12O2/c11-2(12)8(3(13)14)1-23-9(4(15)16,5(17)18)10(24-8,6(19)20)7(21)22/h1H2,(H3,11,12)(H3,13,14)(H3,15,16)(H3,17,18)(H3,19,20)(H3,21,22). The Morgan fingerprint density at radius 1 is 0.583 bits per heavy atom. The molecule has 0 saturated carbocycles. The Kier molecular flexibility index (Phi) is 4.25. The van der Waals surface area contributed by atoms with Crippen LogP contribution in [0.1, 0.15) is 0 Å². The van der Waals surface area contributed by atoms with Crippen molar-refractivity contribution in [3.05, 3.63) is 0 Å². The second-order valence-corrected chi connectivity index (χ2v) is 5.06. The van der Waals surface area contributed by atoms with Crippen molar-refractivity contribution in [2.24, 2.45) is 34.4 Å². The van der Waals surface area contributed by atoms with E-state index in [2.05, 4.69) is 0 Å². The average molecular weight is 340 g/mol. The van der Waals surface area contributed by atoms with Gasteiger partial charge in [-0.2, -0.15) is 0 Å². The van der Waals surface area contributed by atoms with Gasteiger partial charge in [0.15, 0.2) is 0 Å². The van der Waals surface area contributed by atoms with Gasteiger partial charge in [0, 0.05) is 0 Å². The maximum absolute atomic E-state index is 7.79. The molecule has 18 N–H and O–H groups in total. The van der Waals surface area contributed by atoms with E-state index in [9.17, 15) is 0 Å². The summed E-state index contributed by atoms with van der Waals surface area (Å²) in [6.07, 6.45) is 0. The Labute approximate surface area is 135 Å². The molecule has 24 heavy (non-hydrogen) atoms. The molecular formula is C10H20N12O2. The van der Waals surface area contributed by atoms with E-state index in [-0.39, 0.29) is 0 Å². The normalized spacial score (nSPS) is 32.5. The van der Waals surface area contributed by atoms with Crippen LogP contribution in [-0.2, 0) is 9.47 Å². The van der Waals surface area contributed by atoms with Crippen LogP contribution >= 0.6 is 0 Å². The third kappa shape index (κ3) is 1.97. The summed E-state index contributed by atoms with van der Waals surface area (Å²) < 4.78 is 10.8. The van der Waals surface area contributed by atoms with Crippen LogP contribution in [0.5, 0.6) is 0 Å². The summed E-state index contributed by atoms with van der Waals surface area (Å²) in [7, 11) is 0. The molecule has 1 saturated heterocycles. The maximum atomic E-state index is 7.79. The molecule has 132 valence electrons. The first-order chi connectivity index (χ1) is 10.8. The van der Waals surface area contributed by atoms with Crippen LogP contribution in [0.15, 0.2) is 0 Å². The van der Waals surface area contributed by atoms with Crippen molar-refractivity contribution in [3.8, 4) is 0 Å². The minimum Gasteiger partial charge on any atom is -0.385 e. The smallest absolute Gasteiger partial charge is 0.225 e. The van der Waals surface area contributed by atoms with Crippen LogP contribution in [0, 0.1) is 32.5 Å². The molecule has 14 nitrogen and oxygen atoms in total. The first kappa shape index (κ1) is 18.8. The first-order valence-electron chi connectivity index (χ1n) is 6.24. The maximum Gasteiger partial charge on any atom is 0.225 e. The summed E-state index contributed by atoms with van der Waals surface area (Å²) in [4.78, 5) is 0. The summed E-state index contributed by atoms with van der Waals surface area (Å²) >= 11 is 0. The van der Waals surface area contributed by atoms with E-state index in [1.807, 2.05) is 0 Å². The van der Waals surface area contributed by atoms with E-state index in [4.69, 9.17) is 76.3 Å². The van der Waals surface area contributed by atoms with Gasteiger partial charge in [0.2, 0.25) is 16.8 Å². The molecule has 0 amide bonds. The predicted molar refractivity (Wildman–Crippen MR) is 86.7 cm³/mol. The van der Waals surface area contributed by atoms with Gasteiger partial charge in [-0.15, -0.1) is 0 Å². The summed E-state index contributed by atoms with van der Waals surface area (Å²) in [5.41, 5.74) is 25.3. The molecule has 0 aromatic carbocycles. The average Bonchev–Trinajstić information content (AvgIpc) is 2.44. The SMILES string of the molecule is N=C(N)C1(C(=N)N)COC(C(=N)N)(C(=N)N)C(C(=N)N)(C(=N)N)O1. The molecule has 14 heteroatoms. The molecule has 0 aromatic heterocycles. The molecule has 0 unspecified atom stereocenters. The number of amidine groups is 6. The molecule has 0 bridgehead atoms. The van der Waals surface area contributed by atoms with E-state index >= 15 is 0 Å². The Balaban J connectivity index is 3.89. The highest BCUT2D eigenvalue weighted by molar-refractivity contribution is 6.26. The van der Waals surface area contributed by atoms with Crippen LogP contribution in [0.2, 0.25) is 0 Å². The molecular weight excluding hydrogens is 320 g/mol. The number of nitrogens with two attached hydrogens (primary N) is 6. The van der Waals surface area contributed by atoms with E-state index in [1.54, 1.807) is 0 Å². The third-order valence-corrected chi connectivity index (χ3v) is 3.70. The molecule has 0 radical (unpaired) electrons. The Morgan fingerprint density at radius 2 is 0.917 bits per heavy atom. The monoisotopic (exact) mass is 340 g/mol. The molecule has 1 aliphatic rings. The van der Waals surface area contributed by atoms with Crippen molar-refractivity contribution in [2.75, 3.05) is 6.61 Å². The molecule has 0 aliphatic carbocycles. The lowest BCUT2D eigenvalue weighted by molar-refractivity contribution is -0.185. The largest absolute Gasteiger partial charge is 0.385 e. The van der Waals surface area contributed by atoms with Gasteiger partial charge in [-0.25, -0.2) is 0 Å². The minimum atomic E-state index is -2.71. The summed E-state index contributed by atoms with van der Waals surface area (Å²) in [5.74, 6) is -5.48. The zero-order chi connectivity index (χ0) is 19.1. The quantitative estimate of drug-likeness (QED) is 0.166. The predicted octanol–water partition coefficient (Wildman–Crippen LogP) is -4.13. The molecule has 0 spiro atoms. The number of nitrogens with one attached hydrogen (secondary N) is 6. The lowest BCUT2D eigenvalue weighted by Crippen LogP contribution is -2.85. The van der Waals surface area contributed by atoms with Crippen molar-refractivity contribution in [1.82, 2.24) is 0 Å². The number of hydrogen-bond acceptors (Lipinski definition) is 8. The van der Waals surface area contributed by atoms with Crippen LogP contribution < -0.4 is 34.4 Å². The summed E-state index contributed by atoms with van der Waals surface area (Å²) in [6.45, 7) is -0.751. The van der Waals surface area contributed by atoms with Gasteiger partial charge in [0.1, 0.15) is 35.0 Å². The van der Waals surface area contributed by atoms with Crippen molar-refractivity contribution >= 4 is 35.0 Å². The van der Waals surface area contributed by atoms with E-state index in [1.165, 1.54) is 0 Å². The fourth-order valence-electron chi connectivity index (χ4n) is 2.40. The lowest BCUT2D eigenvalue weighted by Gasteiger charge is -2.54. The van der Waals surface area contributed by atoms with Crippen LogP contribution in [-0.4, -0.2) is 58.4 Å². The lowest BCUT2D eigenvalue weighted by atomic mass is 9.75. The van der Waals surface area contributed by atoms with Crippen LogP contribution in [0.4, 0.5) is 0 Å². The Morgan fingerprint density at radius 3 is 1.17 bits per heavy atom. The fraction of sp³-hybridized carbons (Fsp3) is 0.400. The highest BCUT2D eigenvalue weighted by Crippen LogP contribution is 2.40. The van der Waals surface area contributed by atoms with Gasteiger partial charge in [0.25, 0.3) is 0 Å². The minimum absolute atomic E-state index is 0.751. The van der Waals surface area contributed by atoms with Gasteiger partial charge >= 0.3 is 0 Å². The first-order valence-corrected chi connectivity index (χ1v) is 6.24. The Hall–Kier alpha value is -3.26. The zero-order valence-corrected chi connectivity index (χ0v) is 12.5. The highest BCUT2D eigenvalue weighted by atomic mass is 16.6. The van der Waals surface area contributed by atoms with Crippen molar-refractivity contribution < 1.29 is 9.47 Å². The molecule has 1 fully saturated rings. The van der Waals surface area contributed by atoms with Crippen molar-refractivity contribution in [1.29, 1.82) is 32.5 Å². The molecule has 1 heterocycles. The van der Waals surface area contributed by atoms with Crippen molar-refractivity contribution in [2.45, 2.75) is 16.8 Å². The number of rotatable bonds is 6. The highest BCUT2D eigenvalue weighted by Gasteiger charge is 2.71. The zero-order valence-electron chi connectivity index (χ0n) is 12.5. The summed E-state index contributed by atoms with van der Waals surface area (Å²) in [5, 5.41) is 46.3. The van der Waals surface area contributed by atoms with Gasteiger partial charge in [0.05, 0.1) is 6.61 Å². The second kappa shape index (κ2) is 5.43. The molecule has 1 aliphatic heterocycles. The summed E-state index contributed by atoms with van der Waals surface area (Å²) in [6, 6.07) is 0. The fourth-order valence-corrected chi connectivity index (χ4v) is 2.40. The van der Waals surface area contributed by atoms with Gasteiger partial charge < -0.3 is 43.9 Å². The number of ether oxygens (including phenoxy) is 2. The second-order valence-electron chi connectivity index (χ2n) is 5.06. The van der Waals surface area contributed by atoms with Crippen LogP contribution in [0.3, 0.4) is 0 Å². The molecule has 0 atom stereocenters. The van der Waals surface area contributed by atoms with E-state index in [0.717, 1.165) is 0 Å². The Bertz CT molecular complexity index is 625. The van der Waals surface area contributed by atoms with Gasteiger partial charge in [-0.05, 0) is 0 Å². The molecule has 1 rings (SSSR count). The number of hydrogen-bond donors (Lipinski definition) is 12. The molecule has 0 aromatic rings. The third-order valence-electron chi connectivity index (χ3n) is 3.70. The van der Waals surface area contributed by atoms with Crippen molar-refractivity contribution in [3.63, 3.8) is 0 Å². The van der Waals surface area contributed by atoms with Gasteiger partial charge in [-0.3, -0.25) is 32.5 Å². The topological polar surface area (TPSA) is 318 Å². The van der Waals surface area contributed by atoms with E-state index in [0.29, 0.717) is 0 Å². The van der Waals surface area contributed by atoms with E-state index < -0.39 is 58.4 Å². The van der Waals surface area contributed by atoms with Crippen LogP contribution in [0.25, 0.3) is 0 Å².